The number of pyridine rings is 2. The number of aryl methyl sites for hydroxylation is 1. The smallest absolute Gasteiger partial charge is 0.269 e. The lowest BCUT2D eigenvalue weighted by molar-refractivity contribution is 0.0958. The van der Waals surface area contributed by atoms with E-state index in [1.165, 1.54) is 18.5 Å². The van der Waals surface area contributed by atoms with Gasteiger partial charge in [0.1, 0.15) is 28.8 Å². The predicted molar refractivity (Wildman–Crippen MR) is 137 cm³/mol. The van der Waals surface area contributed by atoms with Crippen molar-refractivity contribution in [1.82, 2.24) is 24.8 Å². The van der Waals surface area contributed by atoms with Crippen LogP contribution in [-0.2, 0) is 13.5 Å². The van der Waals surface area contributed by atoms with Gasteiger partial charge in [0.05, 0.1) is 18.1 Å². The number of aromatic nitrogens is 4. The van der Waals surface area contributed by atoms with E-state index < -0.39 is 5.95 Å². The molecule has 1 amide bonds. The highest BCUT2D eigenvalue weighted by atomic mass is 19.1. The van der Waals surface area contributed by atoms with Crippen molar-refractivity contribution in [3.8, 4) is 28.4 Å². The van der Waals surface area contributed by atoms with Gasteiger partial charge in [-0.05, 0) is 47.5 Å². The van der Waals surface area contributed by atoms with Crippen LogP contribution in [0.5, 0.6) is 17.2 Å². The number of benzene rings is 2. The Morgan fingerprint density at radius 2 is 1.81 bits per heavy atom. The zero-order valence-electron chi connectivity index (χ0n) is 20.5. The topological polar surface area (TPSA) is 91.2 Å². The molecule has 3 heterocycles. The zero-order chi connectivity index (χ0) is 25.9. The molecule has 1 N–H and O–H groups in total. The summed E-state index contributed by atoms with van der Waals surface area (Å²) in [6.07, 6.45) is 3.53. The predicted octanol–water partition coefficient (Wildman–Crippen LogP) is 4.92. The molecule has 0 aliphatic heterocycles. The van der Waals surface area contributed by atoms with Crippen LogP contribution in [0.25, 0.3) is 22.2 Å². The maximum absolute atomic E-state index is 13.8. The second-order valence-electron chi connectivity index (χ2n) is 8.37. The van der Waals surface area contributed by atoms with Gasteiger partial charge in [-0.15, -0.1) is 0 Å². The molecule has 0 atom stereocenters. The van der Waals surface area contributed by atoms with Crippen molar-refractivity contribution in [2.24, 2.45) is 7.05 Å². The van der Waals surface area contributed by atoms with E-state index in [1.807, 2.05) is 48.0 Å². The van der Waals surface area contributed by atoms with E-state index in [-0.39, 0.29) is 11.6 Å². The monoisotopic (exact) mass is 497 g/mol. The number of methoxy groups -OCH3 is 1. The van der Waals surface area contributed by atoms with Crippen LogP contribution >= 0.6 is 0 Å². The Morgan fingerprint density at radius 1 is 1.00 bits per heavy atom. The second kappa shape index (κ2) is 10.1. The minimum atomic E-state index is -0.546. The summed E-state index contributed by atoms with van der Waals surface area (Å²) >= 11 is 0. The number of nitrogens with zero attached hydrogens (tertiary/aromatic N) is 4. The van der Waals surface area contributed by atoms with Gasteiger partial charge >= 0.3 is 0 Å². The fourth-order valence-corrected chi connectivity index (χ4v) is 4.16. The molecule has 37 heavy (non-hydrogen) atoms. The number of ether oxygens (including phenoxy) is 2. The number of carbonyl (C=O) groups excluding carboxylic acids is 1. The van der Waals surface area contributed by atoms with Gasteiger partial charge in [-0.3, -0.25) is 9.78 Å². The molecule has 0 aliphatic carbocycles. The van der Waals surface area contributed by atoms with Crippen molar-refractivity contribution in [2.75, 3.05) is 14.2 Å². The molecule has 2 aromatic carbocycles. The van der Waals surface area contributed by atoms with Gasteiger partial charge in [0.15, 0.2) is 0 Å². The van der Waals surface area contributed by atoms with E-state index in [1.54, 1.807) is 32.4 Å². The number of fused-ring (bicyclic) bond motifs is 1. The fraction of sp³-hybridized carbons (Fsp3) is 0.143. The Hall–Kier alpha value is -4.79. The van der Waals surface area contributed by atoms with Crippen molar-refractivity contribution in [1.29, 1.82) is 0 Å². The lowest BCUT2D eigenvalue weighted by Gasteiger charge is -2.11. The van der Waals surface area contributed by atoms with Crippen LogP contribution in [-0.4, -0.2) is 39.6 Å². The first-order valence-electron chi connectivity index (χ1n) is 11.6. The molecule has 0 saturated heterocycles. The van der Waals surface area contributed by atoms with E-state index >= 15 is 0 Å². The highest BCUT2D eigenvalue weighted by Gasteiger charge is 2.14. The molecule has 5 aromatic rings. The molecule has 8 nitrogen and oxygen atoms in total. The summed E-state index contributed by atoms with van der Waals surface area (Å²) in [5, 5.41) is 2.55. The van der Waals surface area contributed by atoms with Crippen LogP contribution in [0.2, 0.25) is 0 Å². The maximum Gasteiger partial charge on any atom is 0.269 e. The van der Waals surface area contributed by atoms with Gasteiger partial charge < -0.3 is 19.4 Å². The summed E-state index contributed by atoms with van der Waals surface area (Å²) in [7, 11) is 5.11. The first-order valence-corrected chi connectivity index (χ1v) is 11.6. The van der Waals surface area contributed by atoms with Crippen LogP contribution in [0.3, 0.4) is 0 Å². The van der Waals surface area contributed by atoms with Gasteiger partial charge in [0, 0.05) is 56.7 Å². The quantitative estimate of drug-likeness (QED) is 0.321. The van der Waals surface area contributed by atoms with Gasteiger partial charge in [-0.2, -0.15) is 4.39 Å². The van der Waals surface area contributed by atoms with E-state index in [4.69, 9.17) is 14.5 Å². The lowest BCUT2D eigenvalue weighted by Crippen LogP contribution is -2.18. The molecule has 0 saturated carbocycles. The number of carbonyl (C=O) groups is 1. The third kappa shape index (κ3) is 4.97. The van der Waals surface area contributed by atoms with Gasteiger partial charge in [-0.25, -0.2) is 9.97 Å². The van der Waals surface area contributed by atoms with Crippen LogP contribution in [0.15, 0.2) is 73.1 Å². The van der Waals surface area contributed by atoms with Gasteiger partial charge in [0.2, 0.25) is 5.95 Å². The highest BCUT2D eigenvalue weighted by Crippen LogP contribution is 2.32. The fourth-order valence-electron chi connectivity index (χ4n) is 4.16. The molecule has 186 valence electrons. The van der Waals surface area contributed by atoms with Crippen LogP contribution in [0.1, 0.15) is 21.9 Å². The summed E-state index contributed by atoms with van der Waals surface area (Å²) in [4.78, 5) is 24.4. The minimum absolute atomic E-state index is 0.273. The summed E-state index contributed by atoms with van der Waals surface area (Å²) in [6, 6.07) is 17.9. The molecule has 0 spiro atoms. The SMILES string of the molecule is CNC(=O)c1cc(Oc2ccc3c(c2)nc(Cc2ccc(OC)c(-c4ccnc(F)c4)c2)n3C)ccn1. The van der Waals surface area contributed by atoms with Crippen molar-refractivity contribution in [3.05, 3.63) is 96.1 Å². The normalized spacial score (nSPS) is 10.9. The molecule has 0 radical (unpaired) electrons. The van der Waals surface area contributed by atoms with E-state index in [2.05, 4.69) is 15.3 Å². The zero-order valence-corrected chi connectivity index (χ0v) is 20.5. The molecular weight excluding hydrogens is 473 g/mol. The summed E-state index contributed by atoms with van der Waals surface area (Å²) < 4.78 is 27.3. The first kappa shape index (κ1) is 23.9. The maximum atomic E-state index is 13.8. The number of halogens is 1. The van der Waals surface area contributed by atoms with E-state index in [0.717, 1.165) is 28.0 Å². The molecule has 0 bridgehead atoms. The van der Waals surface area contributed by atoms with Crippen LogP contribution in [0.4, 0.5) is 4.39 Å². The molecule has 5 rings (SSSR count). The first-order chi connectivity index (χ1) is 17.9. The standard InChI is InChI=1S/C28H24FN5O3/c1-30-28(35)23-16-20(9-11-31-23)37-19-5-6-24-22(15-19)33-27(34(24)2)13-17-4-7-25(36-3)21(12-17)18-8-10-32-26(29)14-18/h4-12,14-16H,13H2,1-3H3,(H,30,35). The van der Waals surface area contributed by atoms with E-state index in [0.29, 0.717) is 29.2 Å². The minimum Gasteiger partial charge on any atom is -0.496 e. The Balaban J connectivity index is 1.43. The largest absolute Gasteiger partial charge is 0.496 e. The number of imidazole rings is 1. The Bertz CT molecular complexity index is 1620. The van der Waals surface area contributed by atoms with Gasteiger partial charge in [-0.1, -0.05) is 6.07 Å². The summed E-state index contributed by atoms with van der Waals surface area (Å²) in [6.45, 7) is 0. The molecule has 0 aliphatic rings. The van der Waals surface area contributed by atoms with Crippen molar-refractivity contribution in [3.63, 3.8) is 0 Å². The number of nitrogens with one attached hydrogen (secondary N) is 1. The number of hydrogen-bond acceptors (Lipinski definition) is 6. The number of hydrogen-bond donors (Lipinski definition) is 1. The number of rotatable bonds is 7. The Labute approximate surface area is 212 Å². The molecular formula is C28H24FN5O3. The highest BCUT2D eigenvalue weighted by molar-refractivity contribution is 5.92. The van der Waals surface area contributed by atoms with E-state index in [9.17, 15) is 9.18 Å². The van der Waals surface area contributed by atoms with Crippen LogP contribution in [0, 0.1) is 5.95 Å². The Kier molecular flexibility index (Phi) is 6.51. The molecule has 3 aromatic heterocycles. The van der Waals surface area contributed by atoms with Crippen molar-refractivity contribution in [2.45, 2.75) is 6.42 Å². The lowest BCUT2D eigenvalue weighted by atomic mass is 10.0. The van der Waals surface area contributed by atoms with Crippen molar-refractivity contribution < 1.29 is 18.7 Å². The third-order valence-electron chi connectivity index (χ3n) is 6.04. The Morgan fingerprint density at radius 3 is 2.59 bits per heavy atom. The van der Waals surface area contributed by atoms with Crippen LogP contribution < -0.4 is 14.8 Å². The summed E-state index contributed by atoms with van der Waals surface area (Å²) in [5.41, 5.74) is 4.47. The molecule has 0 fully saturated rings. The van der Waals surface area contributed by atoms with Crippen molar-refractivity contribution >= 4 is 16.9 Å². The summed E-state index contributed by atoms with van der Waals surface area (Å²) in [5.74, 6) is 1.77. The number of amides is 1. The molecule has 9 heteroatoms. The van der Waals surface area contributed by atoms with Gasteiger partial charge in [0.25, 0.3) is 5.91 Å². The second-order valence-corrected chi connectivity index (χ2v) is 8.37. The average molecular weight is 498 g/mol. The average Bonchev–Trinajstić information content (AvgIpc) is 3.22. The molecule has 0 unspecified atom stereocenters. The third-order valence-corrected chi connectivity index (χ3v) is 6.04.